The Kier molecular flexibility index (Phi) is 5.74. The lowest BCUT2D eigenvalue weighted by Gasteiger charge is -2.22. The van der Waals surface area contributed by atoms with Crippen molar-refractivity contribution >= 4 is 33.8 Å². The summed E-state index contributed by atoms with van der Waals surface area (Å²) in [6.07, 6.45) is 3.35. The Hall–Kier alpha value is -2.09. The van der Waals surface area contributed by atoms with Crippen molar-refractivity contribution in [2.45, 2.75) is 44.2 Å². The van der Waals surface area contributed by atoms with Gasteiger partial charge in [-0.3, -0.25) is 14.5 Å². The molecule has 1 N–H and O–H groups in total. The molecule has 4 amide bonds. The summed E-state index contributed by atoms with van der Waals surface area (Å²) in [6, 6.07) is 5.24. The van der Waals surface area contributed by atoms with Gasteiger partial charge in [-0.05, 0) is 31.0 Å². The molecule has 2 fully saturated rings. The van der Waals surface area contributed by atoms with Gasteiger partial charge in [0, 0.05) is 36.6 Å². The second kappa shape index (κ2) is 7.88. The zero-order valence-electron chi connectivity index (χ0n) is 15.6. The van der Waals surface area contributed by atoms with Crippen LogP contribution in [-0.2, 0) is 16.1 Å². The van der Waals surface area contributed by atoms with Gasteiger partial charge >= 0.3 is 6.03 Å². The topological polar surface area (TPSA) is 79.0 Å². The number of rotatable bonds is 6. The summed E-state index contributed by atoms with van der Waals surface area (Å²) < 4.78 is 6.24. The normalized spacial score (nSPS) is 18.1. The largest absolute Gasteiger partial charge is 0.496 e. The van der Waals surface area contributed by atoms with Gasteiger partial charge < -0.3 is 15.0 Å². The minimum atomic E-state index is -0.726. The number of halogens is 1. The Morgan fingerprint density at radius 3 is 2.70 bits per heavy atom. The number of methoxy groups -OCH3 is 1. The van der Waals surface area contributed by atoms with E-state index in [1.807, 2.05) is 18.2 Å². The predicted molar refractivity (Wildman–Crippen MR) is 103 cm³/mol. The molecular weight excluding hydrogens is 414 g/mol. The number of urea groups is 1. The number of amides is 4. The maximum absolute atomic E-state index is 12.6. The summed E-state index contributed by atoms with van der Waals surface area (Å²) in [5, 5.41) is 2.83. The van der Waals surface area contributed by atoms with Gasteiger partial charge in [-0.1, -0.05) is 28.8 Å². The number of benzene rings is 1. The third kappa shape index (κ3) is 3.95. The minimum Gasteiger partial charge on any atom is -0.496 e. The summed E-state index contributed by atoms with van der Waals surface area (Å²) >= 11 is 3.42. The third-order valence-electron chi connectivity index (χ3n) is 5.33. The lowest BCUT2D eigenvalue weighted by molar-refractivity contribution is -0.133. The molecule has 0 unspecified atom stereocenters. The predicted octanol–water partition coefficient (Wildman–Crippen LogP) is 2.67. The highest BCUT2D eigenvalue weighted by atomic mass is 79.9. The summed E-state index contributed by atoms with van der Waals surface area (Å²) in [7, 11) is 3.29. The first-order valence-corrected chi connectivity index (χ1v) is 9.86. The molecule has 27 heavy (non-hydrogen) atoms. The standard InChI is InChI=1S/C19H24BrN3O4/c1-22(12-13-11-14(20)5-6-15(13)27-2)16(24)7-10-23-17(25)19(21-18(23)26)8-3-4-9-19/h5-6,11H,3-4,7-10,12H2,1-2H3,(H,21,26). The van der Waals surface area contributed by atoms with Gasteiger partial charge in [-0.15, -0.1) is 0 Å². The molecule has 7 nitrogen and oxygen atoms in total. The number of hydrogen-bond donors (Lipinski definition) is 1. The van der Waals surface area contributed by atoms with Crippen LogP contribution in [0.15, 0.2) is 22.7 Å². The van der Waals surface area contributed by atoms with Crippen molar-refractivity contribution in [1.82, 2.24) is 15.1 Å². The van der Waals surface area contributed by atoms with E-state index in [1.165, 1.54) is 4.90 Å². The van der Waals surface area contributed by atoms with E-state index in [0.29, 0.717) is 25.1 Å². The van der Waals surface area contributed by atoms with Gasteiger partial charge in [0.1, 0.15) is 11.3 Å². The van der Waals surface area contributed by atoms with Crippen LogP contribution in [0.25, 0.3) is 0 Å². The fourth-order valence-electron chi connectivity index (χ4n) is 3.81. The highest BCUT2D eigenvalue weighted by Crippen LogP contribution is 2.35. The van der Waals surface area contributed by atoms with Crippen LogP contribution in [-0.4, -0.2) is 53.9 Å². The van der Waals surface area contributed by atoms with Crippen LogP contribution in [0.3, 0.4) is 0 Å². The van der Waals surface area contributed by atoms with Crippen LogP contribution >= 0.6 is 15.9 Å². The van der Waals surface area contributed by atoms with Gasteiger partial charge in [0.25, 0.3) is 5.91 Å². The highest BCUT2D eigenvalue weighted by Gasteiger charge is 2.52. The molecule has 2 aliphatic rings. The van der Waals surface area contributed by atoms with Crippen molar-refractivity contribution in [3.63, 3.8) is 0 Å². The molecule has 1 saturated heterocycles. The fourth-order valence-corrected chi connectivity index (χ4v) is 4.22. The number of imide groups is 1. The monoisotopic (exact) mass is 437 g/mol. The fraction of sp³-hybridized carbons (Fsp3) is 0.526. The maximum atomic E-state index is 12.6. The Morgan fingerprint density at radius 2 is 2.04 bits per heavy atom. The SMILES string of the molecule is COc1ccc(Br)cc1CN(C)C(=O)CCN1C(=O)NC2(CCCC2)C1=O. The van der Waals surface area contributed by atoms with Crippen molar-refractivity contribution < 1.29 is 19.1 Å². The molecule has 1 saturated carbocycles. The summed E-state index contributed by atoms with van der Waals surface area (Å²) in [5.74, 6) is 0.384. The maximum Gasteiger partial charge on any atom is 0.325 e. The quantitative estimate of drug-likeness (QED) is 0.693. The van der Waals surface area contributed by atoms with E-state index >= 15 is 0 Å². The summed E-state index contributed by atoms with van der Waals surface area (Å²) in [4.78, 5) is 40.1. The molecule has 0 bridgehead atoms. The number of hydrogen-bond acceptors (Lipinski definition) is 4. The lowest BCUT2D eigenvalue weighted by atomic mass is 9.98. The average molecular weight is 438 g/mol. The van der Waals surface area contributed by atoms with Crippen molar-refractivity contribution in [1.29, 1.82) is 0 Å². The molecular formula is C19H24BrN3O4. The minimum absolute atomic E-state index is 0.0993. The van der Waals surface area contributed by atoms with E-state index < -0.39 is 5.54 Å². The number of carbonyl (C=O) groups excluding carboxylic acids is 3. The van der Waals surface area contributed by atoms with Gasteiger partial charge in [0.15, 0.2) is 0 Å². The molecule has 146 valence electrons. The van der Waals surface area contributed by atoms with Gasteiger partial charge in [0.2, 0.25) is 5.91 Å². The molecule has 1 aliphatic heterocycles. The van der Waals surface area contributed by atoms with E-state index in [1.54, 1.807) is 19.1 Å². The van der Waals surface area contributed by atoms with Gasteiger partial charge in [0.05, 0.1) is 7.11 Å². The Bertz CT molecular complexity index is 761. The summed E-state index contributed by atoms with van der Waals surface area (Å²) in [5.41, 5.74) is 0.151. The van der Waals surface area contributed by atoms with Crippen LogP contribution in [0.1, 0.15) is 37.7 Å². The first kappa shape index (κ1) is 19.7. The number of nitrogens with zero attached hydrogens (tertiary/aromatic N) is 2. The van der Waals surface area contributed by atoms with Crippen LogP contribution < -0.4 is 10.1 Å². The van der Waals surface area contributed by atoms with E-state index in [9.17, 15) is 14.4 Å². The number of ether oxygens (including phenoxy) is 1. The van der Waals surface area contributed by atoms with Crippen LogP contribution in [0.4, 0.5) is 4.79 Å². The Morgan fingerprint density at radius 1 is 1.33 bits per heavy atom. The van der Waals surface area contributed by atoms with E-state index in [-0.39, 0.29) is 30.8 Å². The van der Waals surface area contributed by atoms with Crippen LogP contribution in [0.5, 0.6) is 5.75 Å². The molecule has 1 aliphatic carbocycles. The Balaban J connectivity index is 1.58. The van der Waals surface area contributed by atoms with Gasteiger partial charge in [-0.2, -0.15) is 0 Å². The number of carbonyl (C=O) groups is 3. The van der Waals surface area contributed by atoms with E-state index in [4.69, 9.17) is 4.74 Å². The van der Waals surface area contributed by atoms with Crippen molar-refractivity contribution in [3.8, 4) is 5.75 Å². The molecule has 0 aromatic heterocycles. The zero-order valence-corrected chi connectivity index (χ0v) is 17.2. The molecule has 3 rings (SSSR count). The zero-order chi connectivity index (χ0) is 19.6. The Labute approximate surface area is 167 Å². The van der Waals surface area contributed by atoms with Crippen LogP contribution in [0.2, 0.25) is 0 Å². The van der Waals surface area contributed by atoms with E-state index in [0.717, 1.165) is 22.9 Å². The molecule has 8 heteroatoms. The van der Waals surface area contributed by atoms with Crippen molar-refractivity contribution in [2.24, 2.45) is 0 Å². The second-order valence-electron chi connectivity index (χ2n) is 7.13. The smallest absolute Gasteiger partial charge is 0.325 e. The number of nitrogens with one attached hydrogen (secondary N) is 1. The van der Waals surface area contributed by atoms with Crippen molar-refractivity contribution in [3.05, 3.63) is 28.2 Å². The molecule has 0 radical (unpaired) electrons. The third-order valence-corrected chi connectivity index (χ3v) is 5.82. The lowest BCUT2D eigenvalue weighted by Crippen LogP contribution is -2.44. The molecule has 0 atom stereocenters. The van der Waals surface area contributed by atoms with E-state index in [2.05, 4.69) is 21.2 Å². The van der Waals surface area contributed by atoms with Crippen LogP contribution in [0, 0.1) is 0 Å². The molecule has 1 aromatic rings. The molecule has 1 heterocycles. The van der Waals surface area contributed by atoms with Gasteiger partial charge in [-0.25, -0.2) is 4.79 Å². The highest BCUT2D eigenvalue weighted by molar-refractivity contribution is 9.10. The average Bonchev–Trinajstić information content (AvgIpc) is 3.19. The first-order valence-electron chi connectivity index (χ1n) is 9.07. The molecule has 1 aromatic carbocycles. The van der Waals surface area contributed by atoms with Crippen molar-refractivity contribution in [2.75, 3.05) is 20.7 Å². The molecule has 1 spiro atoms. The first-order chi connectivity index (χ1) is 12.9. The summed E-state index contributed by atoms with van der Waals surface area (Å²) in [6.45, 7) is 0.483. The second-order valence-corrected chi connectivity index (χ2v) is 8.05.